The Balaban J connectivity index is 0.000000208. The Kier molecular flexibility index (Phi) is 9.68. The van der Waals surface area contributed by atoms with E-state index in [1.165, 1.54) is 21.5 Å². The van der Waals surface area contributed by atoms with Gasteiger partial charge >= 0.3 is 106 Å². The molecular formula is C19H20FI2N3OPt. The molecule has 1 aromatic heterocycles. The molecule has 1 heterocycles. The first-order valence-electron chi connectivity index (χ1n) is 8.02. The van der Waals surface area contributed by atoms with Crippen LogP contribution in [0.1, 0.15) is 11.1 Å². The molecule has 148 valence electrons. The number of imidazole rings is 1. The SMILES string of the molecule is COc1ccc(Cn2ccn(C)[c]2=[Pt])cc1.Fc1ccc(CN(I)I)cc1. The van der Waals surface area contributed by atoms with Gasteiger partial charge in [-0.15, -0.1) is 0 Å². The van der Waals surface area contributed by atoms with Gasteiger partial charge in [-0.3, -0.25) is 0 Å². The largest absolute Gasteiger partial charge is 0.207 e. The second-order valence-electron chi connectivity index (χ2n) is 5.71. The van der Waals surface area contributed by atoms with Crippen LogP contribution in [0.4, 0.5) is 4.39 Å². The second kappa shape index (κ2) is 11.5. The van der Waals surface area contributed by atoms with Crippen molar-refractivity contribution in [2.75, 3.05) is 7.11 Å². The predicted molar refractivity (Wildman–Crippen MR) is 119 cm³/mol. The van der Waals surface area contributed by atoms with E-state index in [-0.39, 0.29) is 5.82 Å². The number of methoxy groups -OCH3 is 1. The van der Waals surface area contributed by atoms with Crippen LogP contribution in [0.5, 0.6) is 5.75 Å². The molecule has 0 fully saturated rings. The minimum absolute atomic E-state index is 0.179. The third-order valence-electron chi connectivity index (χ3n) is 3.69. The van der Waals surface area contributed by atoms with Gasteiger partial charge in [-0.1, -0.05) is 12.1 Å². The van der Waals surface area contributed by atoms with E-state index in [4.69, 9.17) is 4.74 Å². The van der Waals surface area contributed by atoms with E-state index in [9.17, 15) is 4.39 Å². The molecular weight excluding hydrogens is 754 g/mol. The first-order chi connectivity index (χ1) is 12.9. The first kappa shape index (κ1) is 22.8. The summed E-state index contributed by atoms with van der Waals surface area (Å²) in [5.74, 6) is 0.721. The molecule has 2 aromatic carbocycles. The molecule has 0 saturated heterocycles. The van der Waals surface area contributed by atoms with Gasteiger partial charge in [0, 0.05) is 52.3 Å². The summed E-state index contributed by atoms with van der Waals surface area (Å²) in [4.78, 5) is 0. The van der Waals surface area contributed by atoms with Crippen molar-refractivity contribution in [1.29, 1.82) is 0 Å². The summed E-state index contributed by atoms with van der Waals surface area (Å²) in [7, 11) is 3.73. The summed E-state index contributed by atoms with van der Waals surface area (Å²) in [6.45, 7) is 1.73. The van der Waals surface area contributed by atoms with Crippen molar-refractivity contribution in [2.45, 2.75) is 13.1 Å². The topological polar surface area (TPSA) is 22.3 Å². The van der Waals surface area contributed by atoms with E-state index < -0.39 is 0 Å². The summed E-state index contributed by atoms with van der Waals surface area (Å²) < 4.78 is 25.1. The maximum Gasteiger partial charge on any atom is 0.123 e. The molecule has 3 rings (SSSR count). The molecule has 3 aromatic rings. The fourth-order valence-corrected chi connectivity index (χ4v) is 3.57. The van der Waals surface area contributed by atoms with E-state index in [0.717, 1.165) is 24.4 Å². The molecule has 0 atom stereocenters. The number of nitrogens with zero attached hydrogens (tertiary/aromatic N) is 3. The average molecular weight is 774 g/mol. The van der Waals surface area contributed by atoms with E-state index >= 15 is 0 Å². The fourth-order valence-electron chi connectivity index (χ4n) is 2.27. The van der Waals surface area contributed by atoms with Crippen molar-refractivity contribution in [3.8, 4) is 5.75 Å². The summed E-state index contributed by atoms with van der Waals surface area (Å²) in [5.41, 5.74) is 2.39. The normalized spacial score (nSPS) is 10.5. The Morgan fingerprint density at radius 3 is 2.07 bits per heavy atom. The van der Waals surface area contributed by atoms with Crippen molar-refractivity contribution < 1.29 is 28.5 Å². The Morgan fingerprint density at radius 1 is 1.00 bits per heavy atom. The Hall–Kier alpha value is -0.512. The zero-order chi connectivity index (χ0) is 19.8. The van der Waals surface area contributed by atoms with Gasteiger partial charge < -0.3 is 0 Å². The van der Waals surface area contributed by atoms with Crippen LogP contribution < -0.4 is 4.74 Å². The molecule has 0 saturated carbocycles. The van der Waals surface area contributed by atoms with Gasteiger partial charge in [-0.05, 0) is 17.7 Å². The van der Waals surface area contributed by atoms with Gasteiger partial charge in [0.1, 0.15) is 5.82 Å². The van der Waals surface area contributed by atoms with Crippen molar-refractivity contribution in [2.24, 2.45) is 7.05 Å². The number of ether oxygens (including phenoxy) is 1. The van der Waals surface area contributed by atoms with Crippen molar-refractivity contribution in [1.82, 2.24) is 10.5 Å². The van der Waals surface area contributed by atoms with Gasteiger partial charge in [0.25, 0.3) is 0 Å². The smallest absolute Gasteiger partial charge is 0.123 e. The van der Waals surface area contributed by atoms with Crippen LogP contribution >= 0.6 is 45.7 Å². The quantitative estimate of drug-likeness (QED) is 0.260. The van der Waals surface area contributed by atoms with E-state index in [2.05, 4.69) is 98.7 Å². The standard InChI is InChI=1S/C12H14N2O.C7H6FI2N.Pt/c1-13-7-8-14(10-13)9-11-3-5-12(15-2)6-4-11;8-7-3-1-6(2-4-7)5-11(9)10;/h3-8H,9H2,1-2H3;1-4H,5H2;. The number of benzene rings is 2. The third kappa shape index (κ3) is 7.79. The Bertz CT molecular complexity index is 893. The van der Waals surface area contributed by atoms with Gasteiger partial charge in [-0.2, -0.15) is 1.33 Å². The number of aryl methyl sites for hydroxylation is 1. The maximum atomic E-state index is 12.4. The Morgan fingerprint density at radius 2 is 1.59 bits per heavy atom. The van der Waals surface area contributed by atoms with Crippen LogP contribution in [0.2, 0.25) is 0 Å². The first-order valence-corrected chi connectivity index (χ1v) is 11.1. The van der Waals surface area contributed by atoms with Crippen molar-refractivity contribution in [3.63, 3.8) is 0 Å². The van der Waals surface area contributed by atoms with Crippen LogP contribution in [0.25, 0.3) is 0 Å². The third-order valence-corrected chi connectivity index (χ3v) is 5.82. The molecule has 0 aliphatic rings. The van der Waals surface area contributed by atoms with E-state index in [1.807, 2.05) is 20.5 Å². The molecule has 8 heteroatoms. The summed E-state index contributed by atoms with van der Waals surface area (Å²) in [6, 6.07) is 14.7. The molecule has 0 aliphatic carbocycles. The monoisotopic (exact) mass is 774 g/mol. The minimum atomic E-state index is -0.179. The number of rotatable bonds is 5. The average Bonchev–Trinajstić information content (AvgIpc) is 2.96. The van der Waals surface area contributed by atoms with Gasteiger partial charge in [-0.25, -0.2) is 4.39 Å². The van der Waals surface area contributed by atoms with Crippen LogP contribution in [0.3, 0.4) is 0 Å². The molecule has 4 nitrogen and oxygen atoms in total. The Labute approximate surface area is 197 Å². The molecule has 0 N–H and O–H groups in total. The molecule has 0 unspecified atom stereocenters. The molecule has 0 amide bonds. The van der Waals surface area contributed by atoms with E-state index in [1.54, 1.807) is 19.2 Å². The van der Waals surface area contributed by atoms with Crippen LogP contribution in [0.15, 0.2) is 60.9 Å². The van der Waals surface area contributed by atoms with Gasteiger partial charge in [0.2, 0.25) is 0 Å². The predicted octanol–water partition coefficient (Wildman–Crippen LogP) is 5.29. The van der Waals surface area contributed by atoms with Gasteiger partial charge in [0.15, 0.2) is 0 Å². The van der Waals surface area contributed by atoms with Crippen LogP contribution in [0, 0.1) is 9.62 Å². The zero-order valence-electron chi connectivity index (χ0n) is 14.9. The number of aromatic nitrogens is 2. The summed E-state index contributed by atoms with van der Waals surface area (Å²) in [6.07, 6.45) is 4.15. The summed E-state index contributed by atoms with van der Waals surface area (Å²) >= 11 is 6.69. The van der Waals surface area contributed by atoms with E-state index in [0.29, 0.717) is 0 Å². The molecule has 0 radical (unpaired) electrons. The second-order valence-corrected chi connectivity index (χ2v) is 10.9. The molecule has 0 bridgehead atoms. The van der Waals surface area contributed by atoms with Gasteiger partial charge in [0.05, 0.1) is 0 Å². The van der Waals surface area contributed by atoms with Crippen molar-refractivity contribution >= 4 is 45.7 Å². The number of halogens is 3. The zero-order valence-corrected chi connectivity index (χ0v) is 21.5. The molecule has 0 aliphatic heterocycles. The number of hydrogen-bond acceptors (Lipinski definition) is 2. The maximum absolute atomic E-state index is 12.4. The number of hydrogen-bond donors (Lipinski definition) is 0. The molecule has 0 spiro atoms. The molecule has 27 heavy (non-hydrogen) atoms. The fraction of sp³-hybridized carbons (Fsp3) is 0.211. The minimum Gasteiger partial charge on any atom is -0.207 e. The van der Waals surface area contributed by atoms with Crippen LogP contribution in [-0.4, -0.2) is 17.6 Å². The van der Waals surface area contributed by atoms with Crippen LogP contribution in [-0.2, 0) is 39.5 Å². The van der Waals surface area contributed by atoms with Crippen molar-refractivity contribution in [3.05, 3.63) is 81.7 Å². The summed E-state index contributed by atoms with van der Waals surface area (Å²) in [5, 5.41) is 0.